The maximum absolute atomic E-state index is 12.0. The summed E-state index contributed by atoms with van der Waals surface area (Å²) in [4.78, 5) is 23.0. The summed E-state index contributed by atoms with van der Waals surface area (Å²) in [6.07, 6.45) is 2.18. The standard InChI is InChI=1S/C15H14N2O3/c1-10-11(2)20-17-14(10)15(19)16-13(9-18)8-12-6-4-3-5-7-12/h3-9H,1-2H3,(H,16,19). The van der Waals surface area contributed by atoms with Crippen molar-refractivity contribution < 1.29 is 14.1 Å². The van der Waals surface area contributed by atoms with Crippen LogP contribution < -0.4 is 5.32 Å². The Morgan fingerprint density at radius 3 is 2.50 bits per heavy atom. The zero-order valence-electron chi connectivity index (χ0n) is 11.2. The molecule has 1 heterocycles. The van der Waals surface area contributed by atoms with Gasteiger partial charge in [-0.3, -0.25) is 9.59 Å². The van der Waals surface area contributed by atoms with Crippen molar-refractivity contribution in [1.29, 1.82) is 0 Å². The number of benzene rings is 1. The number of aldehydes is 1. The lowest BCUT2D eigenvalue weighted by Gasteiger charge is -2.02. The first-order valence-electron chi connectivity index (χ1n) is 6.08. The number of aromatic nitrogens is 1. The number of hydrogen-bond donors (Lipinski definition) is 1. The van der Waals surface area contributed by atoms with E-state index in [4.69, 9.17) is 4.52 Å². The van der Waals surface area contributed by atoms with Crippen molar-refractivity contribution in [1.82, 2.24) is 10.5 Å². The highest BCUT2D eigenvalue weighted by atomic mass is 16.5. The molecule has 0 atom stereocenters. The van der Waals surface area contributed by atoms with Gasteiger partial charge in [0.15, 0.2) is 12.0 Å². The van der Waals surface area contributed by atoms with Gasteiger partial charge >= 0.3 is 0 Å². The second-order valence-electron chi connectivity index (χ2n) is 4.29. The smallest absolute Gasteiger partial charge is 0.278 e. The molecular formula is C15H14N2O3. The van der Waals surface area contributed by atoms with Crippen molar-refractivity contribution in [3.63, 3.8) is 0 Å². The lowest BCUT2D eigenvalue weighted by atomic mass is 10.2. The lowest BCUT2D eigenvalue weighted by Crippen LogP contribution is -2.24. The molecule has 0 spiro atoms. The SMILES string of the molecule is Cc1onc(C(=O)NC(C=O)=Cc2ccccc2)c1C. The van der Waals surface area contributed by atoms with Crippen LogP contribution in [0.25, 0.3) is 6.08 Å². The minimum Gasteiger partial charge on any atom is -0.361 e. The summed E-state index contributed by atoms with van der Waals surface area (Å²) in [7, 11) is 0. The van der Waals surface area contributed by atoms with Crippen LogP contribution in [0.5, 0.6) is 0 Å². The molecule has 1 N–H and O–H groups in total. The molecule has 0 aliphatic heterocycles. The topological polar surface area (TPSA) is 72.2 Å². The second-order valence-corrected chi connectivity index (χ2v) is 4.29. The molecule has 102 valence electrons. The minimum atomic E-state index is -0.464. The molecule has 0 radical (unpaired) electrons. The van der Waals surface area contributed by atoms with Crippen LogP contribution in [0, 0.1) is 13.8 Å². The first kappa shape index (κ1) is 13.7. The number of carbonyl (C=O) groups excluding carboxylic acids is 2. The van der Waals surface area contributed by atoms with Crippen LogP contribution in [0.15, 0.2) is 40.6 Å². The summed E-state index contributed by atoms with van der Waals surface area (Å²) in [5.74, 6) is 0.114. The van der Waals surface area contributed by atoms with Crippen LogP contribution in [0.2, 0.25) is 0 Å². The molecule has 1 aromatic heterocycles. The Bertz CT molecular complexity index is 657. The monoisotopic (exact) mass is 270 g/mol. The average molecular weight is 270 g/mol. The Labute approximate surface area is 116 Å². The molecule has 0 saturated carbocycles. The van der Waals surface area contributed by atoms with Gasteiger partial charge in [-0.15, -0.1) is 0 Å². The Morgan fingerprint density at radius 2 is 1.95 bits per heavy atom. The molecular weight excluding hydrogens is 256 g/mol. The Morgan fingerprint density at radius 1 is 1.25 bits per heavy atom. The number of aryl methyl sites for hydroxylation is 1. The molecule has 5 heteroatoms. The molecule has 0 aliphatic carbocycles. The zero-order chi connectivity index (χ0) is 14.5. The normalized spacial score (nSPS) is 11.2. The van der Waals surface area contributed by atoms with Crippen molar-refractivity contribution in [2.45, 2.75) is 13.8 Å². The second kappa shape index (κ2) is 5.97. The predicted molar refractivity (Wildman–Crippen MR) is 73.9 cm³/mol. The fraction of sp³-hybridized carbons (Fsp3) is 0.133. The molecule has 0 aliphatic rings. The maximum Gasteiger partial charge on any atom is 0.278 e. The third kappa shape index (κ3) is 3.00. The molecule has 0 unspecified atom stereocenters. The average Bonchev–Trinajstić information content (AvgIpc) is 2.79. The van der Waals surface area contributed by atoms with Crippen LogP contribution in [-0.2, 0) is 4.79 Å². The van der Waals surface area contributed by atoms with Crippen molar-refractivity contribution in [2.75, 3.05) is 0 Å². The van der Waals surface area contributed by atoms with Gasteiger partial charge in [-0.25, -0.2) is 0 Å². The van der Waals surface area contributed by atoms with E-state index in [-0.39, 0.29) is 11.4 Å². The van der Waals surface area contributed by atoms with Crippen molar-refractivity contribution in [3.05, 3.63) is 58.6 Å². The molecule has 5 nitrogen and oxygen atoms in total. The summed E-state index contributed by atoms with van der Waals surface area (Å²) in [6, 6.07) is 9.24. The fourth-order valence-corrected chi connectivity index (χ4v) is 1.65. The van der Waals surface area contributed by atoms with Gasteiger partial charge < -0.3 is 9.84 Å². The third-order valence-corrected chi connectivity index (χ3v) is 2.88. The molecule has 1 aromatic carbocycles. The maximum atomic E-state index is 12.0. The molecule has 1 amide bonds. The number of carbonyl (C=O) groups is 2. The van der Waals surface area contributed by atoms with Gasteiger partial charge in [0, 0.05) is 5.56 Å². The zero-order valence-corrected chi connectivity index (χ0v) is 11.2. The van der Waals surface area contributed by atoms with Gasteiger partial charge in [0.25, 0.3) is 5.91 Å². The van der Waals surface area contributed by atoms with E-state index in [2.05, 4.69) is 10.5 Å². The summed E-state index contributed by atoms with van der Waals surface area (Å²) < 4.78 is 4.93. The number of nitrogens with zero attached hydrogens (tertiary/aromatic N) is 1. The Balaban J connectivity index is 2.19. The van der Waals surface area contributed by atoms with Gasteiger partial charge in [-0.05, 0) is 25.5 Å². The van der Waals surface area contributed by atoms with Gasteiger partial charge in [0.05, 0.1) is 5.70 Å². The summed E-state index contributed by atoms with van der Waals surface area (Å²) >= 11 is 0. The van der Waals surface area contributed by atoms with Gasteiger partial charge in [0.2, 0.25) is 0 Å². The lowest BCUT2D eigenvalue weighted by molar-refractivity contribution is -0.105. The van der Waals surface area contributed by atoms with Gasteiger partial charge in [-0.2, -0.15) is 0 Å². The van der Waals surface area contributed by atoms with Gasteiger partial charge in [0.1, 0.15) is 5.76 Å². The molecule has 0 fully saturated rings. The third-order valence-electron chi connectivity index (χ3n) is 2.88. The molecule has 0 bridgehead atoms. The quantitative estimate of drug-likeness (QED) is 0.683. The van der Waals surface area contributed by atoms with Crippen LogP contribution in [0.1, 0.15) is 27.4 Å². The van der Waals surface area contributed by atoms with E-state index >= 15 is 0 Å². The summed E-state index contributed by atoms with van der Waals surface area (Å²) in [6.45, 7) is 3.46. The number of hydrogen-bond acceptors (Lipinski definition) is 4. The van der Waals surface area contributed by atoms with Gasteiger partial charge in [-0.1, -0.05) is 35.5 Å². The van der Waals surface area contributed by atoms with Crippen LogP contribution in [0.3, 0.4) is 0 Å². The number of amides is 1. The van der Waals surface area contributed by atoms with E-state index in [1.165, 1.54) is 0 Å². The highest BCUT2D eigenvalue weighted by Crippen LogP contribution is 2.12. The molecule has 2 aromatic rings. The first-order valence-corrected chi connectivity index (χ1v) is 6.08. The van der Waals surface area contributed by atoms with Crippen molar-refractivity contribution >= 4 is 18.3 Å². The van der Waals surface area contributed by atoms with Crippen molar-refractivity contribution in [3.8, 4) is 0 Å². The number of rotatable bonds is 4. The molecule has 20 heavy (non-hydrogen) atoms. The van der Waals surface area contributed by atoms with E-state index in [9.17, 15) is 9.59 Å². The first-order chi connectivity index (χ1) is 9.61. The van der Waals surface area contributed by atoms with Crippen molar-refractivity contribution in [2.24, 2.45) is 0 Å². The Hall–Kier alpha value is -2.69. The van der Waals surface area contributed by atoms with E-state index < -0.39 is 5.91 Å². The number of allylic oxidation sites excluding steroid dienone is 1. The van der Waals surface area contributed by atoms with Crippen LogP contribution in [-0.4, -0.2) is 17.4 Å². The van der Waals surface area contributed by atoms with E-state index in [0.717, 1.165) is 5.56 Å². The molecule has 0 saturated heterocycles. The summed E-state index contributed by atoms with van der Waals surface area (Å²) in [5, 5.41) is 6.20. The predicted octanol–water partition coefficient (Wildman–Crippen LogP) is 2.26. The Kier molecular flexibility index (Phi) is 4.10. The highest BCUT2D eigenvalue weighted by molar-refractivity contribution is 5.99. The largest absolute Gasteiger partial charge is 0.361 e. The fourth-order valence-electron chi connectivity index (χ4n) is 1.65. The highest BCUT2D eigenvalue weighted by Gasteiger charge is 2.17. The molecule has 2 rings (SSSR count). The number of nitrogens with one attached hydrogen (secondary N) is 1. The summed E-state index contributed by atoms with van der Waals surface area (Å²) in [5.41, 5.74) is 1.83. The van der Waals surface area contributed by atoms with Crippen LogP contribution in [0.4, 0.5) is 0 Å². The van der Waals surface area contributed by atoms with Crippen LogP contribution >= 0.6 is 0 Å². The van der Waals surface area contributed by atoms with E-state index in [0.29, 0.717) is 17.6 Å². The minimum absolute atomic E-state index is 0.168. The van der Waals surface area contributed by atoms with E-state index in [1.807, 2.05) is 30.3 Å². The van der Waals surface area contributed by atoms with E-state index in [1.54, 1.807) is 19.9 Å².